The highest BCUT2D eigenvalue weighted by Gasteiger charge is 2.30. The van der Waals surface area contributed by atoms with Gasteiger partial charge >= 0.3 is 5.97 Å². The zero-order valence-electron chi connectivity index (χ0n) is 12.5. The molecule has 1 aliphatic rings. The normalized spacial score (nSPS) is 17.7. The Labute approximate surface area is 128 Å². The van der Waals surface area contributed by atoms with Crippen molar-refractivity contribution in [2.24, 2.45) is 5.92 Å². The molecular weight excluding hydrogens is 287 g/mol. The maximum Gasteiger partial charge on any atom is 0.334 e. The van der Waals surface area contributed by atoms with E-state index < -0.39 is 17.9 Å². The minimum absolute atomic E-state index is 0.104. The first kappa shape index (κ1) is 16.4. The number of benzene rings is 1. The Kier molecular flexibility index (Phi) is 5.47. The van der Waals surface area contributed by atoms with E-state index in [0.717, 1.165) is 5.56 Å². The number of nitriles is 1. The van der Waals surface area contributed by atoms with Gasteiger partial charge in [0.2, 0.25) is 0 Å². The molecule has 1 aromatic rings. The van der Waals surface area contributed by atoms with E-state index in [4.69, 9.17) is 5.26 Å². The van der Waals surface area contributed by atoms with Crippen LogP contribution in [-0.2, 0) is 16.1 Å². The highest BCUT2D eigenvalue weighted by Crippen LogP contribution is 2.23. The number of nitrogens with zero attached hydrogens (tertiary/aromatic N) is 2. The van der Waals surface area contributed by atoms with Crippen molar-refractivity contribution in [3.63, 3.8) is 0 Å². The van der Waals surface area contributed by atoms with Crippen LogP contribution < -0.4 is 0 Å². The summed E-state index contributed by atoms with van der Waals surface area (Å²) >= 11 is 0. The fraction of sp³-hybridized carbons (Fsp3) is 0.500. The minimum Gasteiger partial charge on any atom is -0.467 e. The number of likely N-dealkylation sites (tertiary alicyclic amines) is 1. The monoisotopic (exact) mass is 306 g/mol. The molecule has 5 nitrogen and oxygen atoms in total. The number of carbonyl (C=O) groups excluding carboxylic acids is 1. The van der Waals surface area contributed by atoms with Crippen LogP contribution in [0.3, 0.4) is 0 Å². The molecule has 1 saturated heterocycles. The summed E-state index contributed by atoms with van der Waals surface area (Å²) in [7, 11) is 1.26. The van der Waals surface area contributed by atoms with Crippen molar-refractivity contribution in [1.29, 1.82) is 5.26 Å². The number of piperidine rings is 1. The van der Waals surface area contributed by atoms with Crippen LogP contribution in [0.4, 0.5) is 4.39 Å². The summed E-state index contributed by atoms with van der Waals surface area (Å²) in [5.74, 6) is -1.11. The molecule has 118 valence electrons. The lowest BCUT2D eigenvalue weighted by Crippen LogP contribution is -2.40. The molecule has 0 unspecified atom stereocenters. The quantitative estimate of drug-likeness (QED) is 0.852. The van der Waals surface area contributed by atoms with E-state index in [1.807, 2.05) is 6.07 Å². The van der Waals surface area contributed by atoms with Gasteiger partial charge in [-0.15, -0.1) is 0 Å². The summed E-state index contributed by atoms with van der Waals surface area (Å²) in [5.41, 5.74) is 1.13. The number of hydrogen-bond acceptors (Lipinski definition) is 5. The summed E-state index contributed by atoms with van der Waals surface area (Å²) in [6.45, 7) is 1.98. The zero-order valence-corrected chi connectivity index (χ0v) is 12.5. The van der Waals surface area contributed by atoms with Crippen molar-refractivity contribution in [1.82, 2.24) is 4.90 Å². The number of halogens is 1. The highest BCUT2D eigenvalue weighted by molar-refractivity contribution is 5.74. The van der Waals surface area contributed by atoms with E-state index >= 15 is 0 Å². The number of aliphatic hydroxyl groups is 1. The van der Waals surface area contributed by atoms with E-state index in [0.29, 0.717) is 38.0 Å². The predicted octanol–water partition coefficient (Wildman–Crippen LogP) is 1.44. The van der Waals surface area contributed by atoms with Crippen LogP contribution in [0.5, 0.6) is 0 Å². The Balaban J connectivity index is 1.93. The van der Waals surface area contributed by atoms with Gasteiger partial charge in [-0.2, -0.15) is 5.26 Å². The summed E-state index contributed by atoms with van der Waals surface area (Å²) in [6, 6.07) is 6.23. The molecule has 1 fully saturated rings. The molecule has 0 spiro atoms. The lowest BCUT2D eigenvalue weighted by molar-refractivity contribution is -0.154. The maximum atomic E-state index is 13.1. The van der Waals surface area contributed by atoms with E-state index in [1.165, 1.54) is 19.2 Å². The van der Waals surface area contributed by atoms with Gasteiger partial charge in [-0.1, -0.05) is 6.07 Å². The summed E-state index contributed by atoms with van der Waals surface area (Å²) in [5, 5.41) is 18.9. The van der Waals surface area contributed by atoms with Gasteiger partial charge in [0.15, 0.2) is 6.10 Å². The smallest absolute Gasteiger partial charge is 0.334 e. The Morgan fingerprint density at radius 2 is 2.23 bits per heavy atom. The molecule has 1 aliphatic heterocycles. The molecule has 0 saturated carbocycles. The number of hydrogen-bond donors (Lipinski definition) is 1. The number of carbonyl (C=O) groups is 1. The lowest BCUT2D eigenvalue weighted by atomic mass is 9.91. The maximum absolute atomic E-state index is 13.1. The van der Waals surface area contributed by atoms with Crippen LogP contribution in [0.1, 0.15) is 24.0 Å². The second-order valence-corrected chi connectivity index (χ2v) is 5.49. The van der Waals surface area contributed by atoms with Gasteiger partial charge in [0.25, 0.3) is 0 Å². The van der Waals surface area contributed by atoms with Gasteiger partial charge in [-0.3, -0.25) is 4.90 Å². The van der Waals surface area contributed by atoms with Gasteiger partial charge in [0, 0.05) is 6.54 Å². The molecule has 1 atom stereocenters. The zero-order chi connectivity index (χ0) is 16.1. The summed E-state index contributed by atoms with van der Waals surface area (Å²) in [4.78, 5) is 13.5. The molecule has 2 rings (SSSR count). The molecule has 1 aromatic carbocycles. The van der Waals surface area contributed by atoms with Crippen molar-refractivity contribution in [3.05, 3.63) is 35.1 Å². The standard InChI is InChI=1S/C16H19FN2O3/c1-22-16(21)15(20)11-4-6-19(7-5-11)10-12-2-3-14(17)8-13(12)9-18/h2-3,8,11,15,20H,4-7,10H2,1H3/t15-/m0/s1. The van der Waals surface area contributed by atoms with Gasteiger partial charge in [0.1, 0.15) is 5.82 Å². The first-order chi connectivity index (χ1) is 10.5. The SMILES string of the molecule is COC(=O)[C@@H](O)C1CCN(Cc2ccc(F)cc2C#N)CC1. The summed E-state index contributed by atoms with van der Waals surface area (Å²) in [6.07, 6.45) is 0.284. The Morgan fingerprint density at radius 1 is 1.55 bits per heavy atom. The van der Waals surface area contributed by atoms with Crippen LogP contribution in [0.15, 0.2) is 18.2 Å². The molecule has 0 radical (unpaired) electrons. The van der Waals surface area contributed by atoms with Crippen molar-refractivity contribution < 1.29 is 19.0 Å². The van der Waals surface area contributed by atoms with Crippen LogP contribution in [-0.4, -0.2) is 42.3 Å². The molecule has 6 heteroatoms. The number of aliphatic hydroxyl groups excluding tert-OH is 1. The minimum atomic E-state index is -1.08. The van der Waals surface area contributed by atoms with Crippen molar-refractivity contribution in [3.8, 4) is 6.07 Å². The largest absolute Gasteiger partial charge is 0.467 e. The van der Waals surface area contributed by atoms with E-state index in [9.17, 15) is 14.3 Å². The van der Waals surface area contributed by atoms with Crippen LogP contribution in [0.2, 0.25) is 0 Å². The van der Waals surface area contributed by atoms with Crippen molar-refractivity contribution in [2.45, 2.75) is 25.5 Å². The molecule has 0 bridgehead atoms. The second kappa shape index (κ2) is 7.34. The lowest BCUT2D eigenvalue weighted by Gasteiger charge is -2.33. The Hall–Kier alpha value is -1.97. The van der Waals surface area contributed by atoms with Gasteiger partial charge in [0.05, 0.1) is 18.7 Å². The van der Waals surface area contributed by atoms with Crippen LogP contribution in [0, 0.1) is 23.1 Å². The fourth-order valence-corrected chi connectivity index (χ4v) is 2.77. The topological polar surface area (TPSA) is 73.6 Å². The van der Waals surface area contributed by atoms with E-state index in [1.54, 1.807) is 6.07 Å². The Bertz CT molecular complexity index is 577. The third-order valence-electron chi connectivity index (χ3n) is 4.11. The van der Waals surface area contributed by atoms with Gasteiger partial charge in [-0.05, 0) is 49.5 Å². The highest BCUT2D eigenvalue weighted by atomic mass is 19.1. The third-order valence-corrected chi connectivity index (χ3v) is 4.11. The van der Waals surface area contributed by atoms with Crippen molar-refractivity contribution in [2.75, 3.05) is 20.2 Å². The van der Waals surface area contributed by atoms with Gasteiger partial charge < -0.3 is 9.84 Å². The number of rotatable bonds is 4. The number of ether oxygens (including phenoxy) is 1. The number of methoxy groups -OCH3 is 1. The first-order valence-corrected chi connectivity index (χ1v) is 7.22. The first-order valence-electron chi connectivity index (χ1n) is 7.22. The van der Waals surface area contributed by atoms with Crippen molar-refractivity contribution >= 4 is 5.97 Å². The average Bonchev–Trinajstić information content (AvgIpc) is 2.55. The molecule has 1 heterocycles. The average molecular weight is 306 g/mol. The number of esters is 1. The second-order valence-electron chi connectivity index (χ2n) is 5.49. The molecule has 1 N–H and O–H groups in total. The third kappa shape index (κ3) is 3.81. The molecule has 0 amide bonds. The summed E-state index contributed by atoms with van der Waals surface area (Å²) < 4.78 is 17.7. The van der Waals surface area contributed by atoms with Crippen LogP contribution in [0.25, 0.3) is 0 Å². The Morgan fingerprint density at radius 3 is 2.82 bits per heavy atom. The molecule has 22 heavy (non-hydrogen) atoms. The van der Waals surface area contributed by atoms with Crippen LogP contribution >= 0.6 is 0 Å². The molecule has 0 aromatic heterocycles. The predicted molar refractivity (Wildman–Crippen MR) is 77.1 cm³/mol. The van der Waals surface area contributed by atoms with E-state index in [-0.39, 0.29) is 5.92 Å². The van der Waals surface area contributed by atoms with E-state index in [2.05, 4.69) is 9.64 Å². The molecule has 0 aliphatic carbocycles. The molecular formula is C16H19FN2O3. The van der Waals surface area contributed by atoms with Gasteiger partial charge in [-0.25, -0.2) is 9.18 Å². The fourth-order valence-electron chi connectivity index (χ4n) is 2.77.